The van der Waals surface area contributed by atoms with Gasteiger partial charge in [0.25, 0.3) is 0 Å². The molecule has 5 aliphatic rings. The molecule has 13 rings (SSSR count). The molecule has 4 N–H and O–H groups in total. The van der Waals surface area contributed by atoms with Crippen LogP contribution in [0.15, 0.2) is 146 Å². The lowest BCUT2D eigenvalue weighted by atomic mass is 9.78. The molecule has 4 unspecified atom stereocenters. The summed E-state index contributed by atoms with van der Waals surface area (Å²) in [6, 6.07) is 49.6. The first-order valence-corrected chi connectivity index (χ1v) is 29.9. The van der Waals surface area contributed by atoms with Crippen LogP contribution in [0.4, 0.5) is 0 Å². The Hall–Kier alpha value is -8.00. The first kappa shape index (κ1) is 55.2. The number of rotatable bonds is 8. The Morgan fingerprint density at radius 3 is 0.690 bits per heavy atom. The predicted octanol–water partition coefficient (Wildman–Crippen LogP) is 15.1. The maximum atomic E-state index is 13.1. The zero-order valence-electron chi connectivity index (χ0n) is 49.3. The first-order chi connectivity index (χ1) is 40.7. The van der Waals surface area contributed by atoms with Gasteiger partial charge in [0.1, 0.15) is 72.9 Å². The zero-order valence-corrected chi connectivity index (χ0v) is 49.3. The summed E-state index contributed by atoms with van der Waals surface area (Å²) in [5.74, 6) is 0.934. The lowest BCUT2D eigenvalue weighted by molar-refractivity contribution is 0.0584. The summed E-state index contributed by atoms with van der Waals surface area (Å²) >= 11 is 0. The second-order valence-corrected chi connectivity index (χ2v) is 24.2. The summed E-state index contributed by atoms with van der Waals surface area (Å²) in [4.78, 5) is 8.95. The molecule has 4 heterocycles. The van der Waals surface area contributed by atoms with Crippen molar-refractivity contribution in [2.75, 3.05) is 26.9 Å². The van der Waals surface area contributed by atoms with Crippen LogP contribution in [0.1, 0.15) is 192 Å². The highest BCUT2D eigenvalue weighted by Gasteiger charge is 2.40. The van der Waals surface area contributed by atoms with Crippen molar-refractivity contribution >= 4 is 0 Å². The second-order valence-electron chi connectivity index (χ2n) is 24.2. The van der Waals surface area contributed by atoms with Gasteiger partial charge in [-0.3, -0.25) is 19.6 Å². The van der Waals surface area contributed by atoms with E-state index in [9.17, 15) is 20.4 Å². The van der Waals surface area contributed by atoms with Crippen LogP contribution in [0.5, 0.6) is 46.0 Å². The van der Waals surface area contributed by atoms with Gasteiger partial charge in [-0.2, -0.15) is 0 Å². The molecule has 0 aromatic heterocycles. The van der Waals surface area contributed by atoms with Gasteiger partial charge < -0.3 is 39.4 Å². The van der Waals surface area contributed by atoms with Gasteiger partial charge in [0.05, 0.1) is 22.3 Å². The van der Waals surface area contributed by atoms with E-state index < -0.39 is 23.7 Å². The number of ether oxygens (including phenoxy) is 4. The van der Waals surface area contributed by atoms with Crippen LogP contribution in [0.25, 0.3) is 0 Å². The Morgan fingerprint density at radius 1 is 0.310 bits per heavy atom. The van der Waals surface area contributed by atoms with Crippen LogP contribution in [-0.4, -0.2) is 66.9 Å². The molecule has 12 heteroatoms. The molecule has 4 aliphatic heterocycles. The summed E-state index contributed by atoms with van der Waals surface area (Å²) in [6.07, 6.45) is 0. The number of benzene rings is 8. The van der Waals surface area contributed by atoms with Crippen molar-refractivity contribution in [2.45, 2.75) is 129 Å². The van der Waals surface area contributed by atoms with Crippen LogP contribution in [0.3, 0.4) is 0 Å². The van der Waals surface area contributed by atoms with Crippen molar-refractivity contribution in [1.29, 1.82) is 0 Å². The fourth-order valence-corrected chi connectivity index (χ4v) is 13.9. The number of nitrogens with zero attached hydrogens (tertiary/aromatic N) is 4. The SMILES string of the molecule is CC1c2cc(c3c(c2O)CN([C@@H](C)c2ccccc2)CO3)C(C)c2cc(c3c(c2O)CN([C@@H](C)c2ccccc2)CO3)C(C)c2cc(c3c(c2O)CN([C@@H](C)c2ccccc2)CO3)C(C)c2cc1c1c(c2O)CN([C@@H](C)c2ccccc2)CO1. The van der Waals surface area contributed by atoms with Crippen molar-refractivity contribution < 1.29 is 39.4 Å². The van der Waals surface area contributed by atoms with Crippen molar-refractivity contribution in [2.24, 2.45) is 0 Å². The van der Waals surface area contributed by atoms with Crippen LogP contribution in [-0.2, 0) is 26.2 Å². The molecule has 0 radical (unpaired) electrons. The van der Waals surface area contributed by atoms with Crippen LogP contribution >= 0.6 is 0 Å². The molecule has 0 amide bonds. The number of hydrogen-bond donors (Lipinski definition) is 4. The summed E-state index contributed by atoms with van der Waals surface area (Å²) in [7, 11) is 0. The highest BCUT2D eigenvalue weighted by Crippen LogP contribution is 2.56. The maximum absolute atomic E-state index is 13.1. The van der Waals surface area contributed by atoms with Gasteiger partial charge >= 0.3 is 0 Å². The molecule has 84 heavy (non-hydrogen) atoms. The van der Waals surface area contributed by atoms with Gasteiger partial charge in [-0.1, -0.05) is 149 Å². The van der Waals surface area contributed by atoms with Crippen molar-refractivity contribution in [1.82, 2.24) is 19.6 Å². The van der Waals surface area contributed by atoms with Gasteiger partial charge in [-0.15, -0.1) is 0 Å². The van der Waals surface area contributed by atoms with Crippen LogP contribution in [0.2, 0.25) is 0 Å². The largest absolute Gasteiger partial charge is 0.507 e. The highest BCUT2D eigenvalue weighted by atomic mass is 16.5. The van der Waals surface area contributed by atoms with E-state index in [-0.39, 0.29) is 74.1 Å². The van der Waals surface area contributed by atoms with E-state index >= 15 is 0 Å². The number of hydrogen-bond acceptors (Lipinski definition) is 12. The molecular weight excluding hydrogens is 1050 g/mol. The fraction of sp³-hybridized carbons (Fsp3) is 0.333. The molecule has 1 aliphatic carbocycles. The average molecular weight is 1130 g/mol. The van der Waals surface area contributed by atoms with Gasteiger partial charge in [-0.05, 0) is 74.2 Å². The Bertz CT molecular complexity index is 3280. The molecule has 8 aromatic rings. The Morgan fingerprint density at radius 2 is 0.500 bits per heavy atom. The summed E-state index contributed by atoms with van der Waals surface area (Å²) in [6.45, 7) is 19.8. The minimum Gasteiger partial charge on any atom is -0.507 e. The molecular formula is C72H76N4O8. The number of phenolic OH excluding ortho intramolecular Hbond substituents is 4. The molecule has 0 saturated heterocycles. The monoisotopic (exact) mass is 1120 g/mol. The van der Waals surface area contributed by atoms with Crippen LogP contribution < -0.4 is 18.9 Å². The summed E-state index contributed by atoms with van der Waals surface area (Å²) in [5, 5.41) is 52.5. The topological polar surface area (TPSA) is 131 Å². The molecule has 8 bridgehead atoms. The average Bonchev–Trinajstić information content (AvgIpc) is 3.70. The van der Waals surface area contributed by atoms with E-state index in [0.717, 1.165) is 44.5 Å². The van der Waals surface area contributed by atoms with E-state index in [1.807, 2.05) is 72.8 Å². The van der Waals surface area contributed by atoms with E-state index in [4.69, 9.17) is 18.9 Å². The Kier molecular flexibility index (Phi) is 14.6. The quantitative estimate of drug-likeness (QED) is 0.116. The van der Waals surface area contributed by atoms with Crippen molar-refractivity contribution in [3.8, 4) is 46.0 Å². The third kappa shape index (κ3) is 9.48. The van der Waals surface area contributed by atoms with Crippen molar-refractivity contribution in [3.63, 3.8) is 0 Å². The third-order valence-corrected chi connectivity index (χ3v) is 19.6. The Balaban J connectivity index is 1.04. The lowest BCUT2D eigenvalue weighted by Crippen LogP contribution is -2.35. The van der Waals surface area contributed by atoms with Crippen LogP contribution in [0, 0.1) is 0 Å². The third-order valence-electron chi connectivity index (χ3n) is 19.6. The molecule has 0 fully saturated rings. The van der Waals surface area contributed by atoms with E-state index in [0.29, 0.717) is 93.7 Å². The van der Waals surface area contributed by atoms with Gasteiger partial charge in [0.2, 0.25) is 0 Å². The minimum atomic E-state index is -0.489. The van der Waals surface area contributed by atoms with Gasteiger partial charge in [0.15, 0.2) is 0 Å². The van der Waals surface area contributed by atoms with E-state index in [2.05, 4.69) is 148 Å². The first-order valence-electron chi connectivity index (χ1n) is 29.9. The second kappa shape index (κ2) is 22.2. The predicted molar refractivity (Wildman–Crippen MR) is 326 cm³/mol. The lowest BCUT2D eigenvalue weighted by Gasteiger charge is -2.39. The number of aromatic hydroxyl groups is 4. The van der Waals surface area contributed by atoms with Gasteiger partial charge in [0, 0.05) is 119 Å². The standard InChI is InChI=1S/C72H76N4O8/c1-41-53-29-58(70-61(65(53)77)33-73(38-82-70)45(5)49-21-13-9-14-22-49)43(3)55-31-60(72-63(67(55)79)35-75(40-84-72)47(7)51-25-17-11-18-26-51)44(4)56-32-59(71-64(68(56)80)36-76(39-83-71)48(8)52-27-19-12-20-28-52)42(2)54-30-57(41)69-62(66(54)78)34-74(37-81-69)46(6)50-23-15-10-16-24-50/h9-32,41-48,77-80H,33-40H2,1-8H3/t41?,42?,43?,44?,45-,46-,47-,48-/m0/s1. The normalized spacial score (nSPS) is 21.1. The van der Waals surface area contributed by atoms with Gasteiger partial charge in [-0.25, -0.2) is 0 Å². The van der Waals surface area contributed by atoms with Crippen molar-refractivity contribution in [3.05, 3.63) is 235 Å². The molecule has 0 saturated carbocycles. The molecule has 0 spiro atoms. The van der Waals surface area contributed by atoms with E-state index in [1.165, 1.54) is 0 Å². The highest BCUT2D eigenvalue weighted by molar-refractivity contribution is 5.68. The Labute approximate surface area is 493 Å². The number of phenols is 4. The van der Waals surface area contributed by atoms with E-state index in [1.54, 1.807) is 0 Å². The molecule has 432 valence electrons. The minimum absolute atomic E-state index is 0.0393. The summed E-state index contributed by atoms with van der Waals surface area (Å²) < 4.78 is 27.8. The molecule has 8 atom stereocenters. The fourth-order valence-electron chi connectivity index (χ4n) is 13.9. The molecule has 12 nitrogen and oxygen atoms in total. The zero-order chi connectivity index (χ0) is 58.2. The summed E-state index contributed by atoms with van der Waals surface area (Å²) in [5.41, 5.74) is 13.2. The smallest absolute Gasteiger partial charge is 0.142 e. The number of fused-ring (bicyclic) bond motifs is 16. The maximum Gasteiger partial charge on any atom is 0.142 e. The molecule has 8 aromatic carbocycles.